The molecule has 5 nitrogen and oxygen atoms in total. The van der Waals surface area contributed by atoms with Crippen molar-refractivity contribution >= 4 is 17.3 Å². The van der Waals surface area contributed by atoms with E-state index in [4.69, 9.17) is 0 Å². The quantitative estimate of drug-likeness (QED) is 0.379. The molecule has 1 fully saturated rings. The molecular weight excluding hydrogens is 424 g/mol. The summed E-state index contributed by atoms with van der Waals surface area (Å²) in [5.74, 6) is -0.377. The Balaban J connectivity index is 1.76. The average molecular weight is 447 g/mol. The minimum Gasteiger partial charge on any atom is -0.316 e. The Morgan fingerprint density at radius 2 is 1.73 bits per heavy atom. The number of nitrogens with zero attached hydrogens (tertiary/aromatic N) is 3. The van der Waals surface area contributed by atoms with Crippen LogP contribution in [0.15, 0.2) is 59.4 Å². The number of aldehydes is 1. The number of halogens is 2. The number of benzene rings is 2. The summed E-state index contributed by atoms with van der Waals surface area (Å²) in [4.78, 5) is 30.3. The van der Waals surface area contributed by atoms with Gasteiger partial charge in [0.15, 0.2) is 6.29 Å². The molecule has 4 aromatic rings. The highest BCUT2D eigenvalue weighted by molar-refractivity contribution is 5.85. The summed E-state index contributed by atoms with van der Waals surface area (Å²) in [5, 5.41) is 0. The van der Waals surface area contributed by atoms with Gasteiger partial charge in [-0.05, 0) is 48.7 Å². The lowest BCUT2D eigenvalue weighted by Crippen LogP contribution is -2.27. The van der Waals surface area contributed by atoms with Gasteiger partial charge in [-0.3, -0.25) is 14.2 Å². The third-order valence-corrected chi connectivity index (χ3v) is 6.41. The number of hydrogen-bond acceptors (Lipinski definition) is 3. The first-order valence-electron chi connectivity index (χ1n) is 11.2. The molecule has 0 amide bonds. The van der Waals surface area contributed by atoms with Crippen LogP contribution in [0.3, 0.4) is 0 Å². The predicted octanol–water partition coefficient (Wildman–Crippen LogP) is 5.51. The van der Waals surface area contributed by atoms with E-state index in [0.29, 0.717) is 34.3 Å². The lowest BCUT2D eigenvalue weighted by Gasteiger charge is -2.25. The third kappa shape index (κ3) is 3.88. The smallest absolute Gasteiger partial charge is 0.277 e. The molecule has 2 aromatic carbocycles. The molecule has 1 aliphatic rings. The van der Waals surface area contributed by atoms with Crippen molar-refractivity contribution in [2.24, 2.45) is 0 Å². The predicted molar refractivity (Wildman–Crippen MR) is 122 cm³/mol. The van der Waals surface area contributed by atoms with Gasteiger partial charge >= 0.3 is 0 Å². The van der Waals surface area contributed by atoms with Gasteiger partial charge in [-0.25, -0.2) is 13.8 Å². The maximum Gasteiger partial charge on any atom is 0.277 e. The topological polar surface area (TPSA) is 56.9 Å². The van der Waals surface area contributed by atoms with Crippen LogP contribution in [0.25, 0.3) is 22.4 Å². The molecule has 0 bridgehead atoms. The zero-order valence-electron chi connectivity index (χ0n) is 18.0. The van der Waals surface area contributed by atoms with Crippen LogP contribution in [-0.4, -0.2) is 20.4 Å². The summed E-state index contributed by atoms with van der Waals surface area (Å²) in [6, 6.07) is 13.8. The van der Waals surface area contributed by atoms with E-state index in [9.17, 15) is 18.4 Å². The van der Waals surface area contributed by atoms with Gasteiger partial charge in [0, 0.05) is 6.04 Å². The molecule has 1 aliphatic carbocycles. The number of rotatable bonds is 5. The van der Waals surface area contributed by atoms with Gasteiger partial charge in [0.05, 0.1) is 23.3 Å². The van der Waals surface area contributed by atoms with E-state index >= 15 is 0 Å². The maximum atomic E-state index is 14.8. The largest absolute Gasteiger partial charge is 0.316 e. The third-order valence-electron chi connectivity index (χ3n) is 6.41. The highest BCUT2D eigenvalue weighted by Crippen LogP contribution is 2.35. The molecule has 0 atom stereocenters. The van der Waals surface area contributed by atoms with E-state index in [0.717, 1.165) is 32.1 Å². The van der Waals surface area contributed by atoms with E-state index in [2.05, 4.69) is 4.98 Å². The average Bonchev–Trinajstić information content (AvgIpc) is 3.22. The van der Waals surface area contributed by atoms with Crippen LogP contribution in [0.1, 0.15) is 54.2 Å². The first kappa shape index (κ1) is 21.2. The molecule has 0 unspecified atom stereocenters. The van der Waals surface area contributed by atoms with Crippen molar-refractivity contribution in [1.82, 2.24) is 14.1 Å². The minimum absolute atomic E-state index is 0.0207. The van der Waals surface area contributed by atoms with Gasteiger partial charge in [-0.1, -0.05) is 43.5 Å². The first-order chi connectivity index (χ1) is 16.1. The highest BCUT2D eigenvalue weighted by Gasteiger charge is 2.26. The molecule has 1 saturated carbocycles. The molecule has 7 heteroatoms. The molecule has 0 spiro atoms. The monoisotopic (exact) mass is 447 g/mol. The van der Waals surface area contributed by atoms with Gasteiger partial charge in [-0.2, -0.15) is 0 Å². The lowest BCUT2D eigenvalue weighted by atomic mass is 9.95. The van der Waals surface area contributed by atoms with Crippen molar-refractivity contribution in [1.29, 1.82) is 0 Å². The Hall–Kier alpha value is -3.61. The summed E-state index contributed by atoms with van der Waals surface area (Å²) in [5.41, 5.74) is 1.58. The molecule has 0 radical (unpaired) electrons. The van der Waals surface area contributed by atoms with Crippen LogP contribution in [0.4, 0.5) is 8.78 Å². The van der Waals surface area contributed by atoms with Gasteiger partial charge in [-0.15, -0.1) is 0 Å². The van der Waals surface area contributed by atoms with Crippen LogP contribution < -0.4 is 5.56 Å². The minimum atomic E-state index is -0.410. The van der Waals surface area contributed by atoms with E-state index in [1.165, 1.54) is 22.8 Å². The molecule has 5 rings (SSSR count). The number of hydrogen-bond donors (Lipinski definition) is 0. The van der Waals surface area contributed by atoms with Gasteiger partial charge in [0.25, 0.3) is 5.56 Å². The Kier molecular flexibility index (Phi) is 5.62. The van der Waals surface area contributed by atoms with Crippen molar-refractivity contribution in [2.45, 2.75) is 44.7 Å². The Bertz CT molecular complexity index is 1380. The lowest BCUT2D eigenvalue weighted by molar-refractivity contribution is 0.111. The summed E-state index contributed by atoms with van der Waals surface area (Å²) in [6.45, 7) is 0.119. The number of aromatic nitrogens is 3. The number of imidazole rings is 1. The van der Waals surface area contributed by atoms with Crippen molar-refractivity contribution in [2.75, 3.05) is 0 Å². The van der Waals surface area contributed by atoms with Crippen molar-refractivity contribution in [3.8, 4) is 11.4 Å². The number of carbonyl (C=O) groups excluding carboxylic acids is 1. The maximum absolute atomic E-state index is 14.8. The molecular formula is C26H23F2N3O2. The van der Waals surface area contributed by atoms with Crippen LogP contribution >= 0.6 is 0 Å². The Morgan fingerprint density at radius 3 is 2.42 bits per heavy atom. The second-order valence-electron chi connectivity index (χ2n) is 8.52. The zero-order chi connectivity index (χ0) is 22.9. The van der Waals surface area contributed by atoms with Crippen LogP contribution in [0.5, 0.6) is 0 Å². The SMILES string of the molecule is O=Cc1cc2nc(-c3ccccc3F)n(C3CCCCC3)c2c(=O)n1Cc1ccc(F)cc1. The molecule has 2 heterocycles. The van der Waals surface area contributed by atoms with Crippen LogP contribution in [-0.2, 0) is 6.54 Å². The number of pyridine rings is 1. The molecule has 2 aromatic heterocycles. The van der Waals surface area contributed by atoms with Crippen molar-refractivity contribution in [3.05, 3.63) is 87.8 Å². The fourth-order valence-corrected chi connectivity index (χ4v) is 4.79. The van der Waals surface area contributed by atoms with E-state index in [1.807, 2.05) is 4.57 Å². The second-order valence-corrected chi connectivity index (χ2v) is 8.52. The summed E-state index contributed by atoms with van der Waals surface area (Å²) >= 11 is 0. The van der Waals surface area contributed by atoms with E-state index in [1.54, 1.807) is 36.4 Å². The van der Waals surface area contributed by atoms with Crippen molar-refractivity contribution in [3.63, 3.8) is 0 Å². The van der Waals surface area contributed by atoms with Gasteiger partial charge < -0.3 is 4.57 Å². The standard InChI is InChI=1S/C26H23F2N3O2/c27-18-12-10-17(11-13-18)15-30-20(16-32)14-23-24(26(30)33)31(19-6-2-1-3-7-19)25(29-23)21-8-4-5-9-22(21)28/h4-5,8-14,16,19H,1-3,6-7,15H2. The summed E-state index contributed by atoms with van der Waals surface area (Å²) in [6.07, 6.45) is 5.54. The Labute approximate surface area is 189 Å². The summed E-state index contributed by atoms with van der Waals surface area (Å²) in [7, 11) is 0. The normalized spacial score (nSPS) is 14.6. The van der Waals surface area contributed by atoms with Crippen molar-refractivity contribution < 1.29 is 13.6 Å². The van der Waals surface area contributed by atoms with E-state index < -0.39 is 5.82 Å². The second kappa shape index (κ2) is 8.73. The number of fused-ring (bicyclic) bond motifs is 1. The molecule has 33 heavy (non-hydrogen) atoms. The molecule has 168 valence electrons. The van der Waals surface area contributed by atoms with Gasteiger partial charge in [0.2, 0.25) is 0 Å². The zero-order valence-corrected chi connectivity index (χ0v) is 18.0. The van der Waals surface area contributed by atoms with E-state index in [-0.39, 0.29) is 29.7 Å². The summed E-state index contributed by atoms with van der Waals surface area (Å²) < 4.78 is 31.4. The fourth-order valence-electron chi connectivity index (χ4n) is 4.79. The van der Waals surface area contributed by atoms with Crippen LogP contribution in [0.2, 0.25) is 0 Å². The Morgan fingerprint density at radius 1 is 1.00 bits per heavy atom. The molecule has 0 N–H and O–H groups in total. The molecule has 0 saturated heterocycles. The highest BCUT2D eigenvalue weighted by atomic mass is 19.1. The first-order valence-corrected chi connectivity index (χ1v) is 11.2. The van der Waals surface area contributed by atoms with Gasteiger partial charge in [0.1, 0.15) is 23.0 Å². The number of carbonyl (C=O) groups is 1. The fraction of sp³-hybridized carbons (Fsp3) is 0.269. The van der Waals surface area contributed by atoms with Crippen LogP contribution in [0, 0.1) is 11.6 Å². The molecule has 0 aliphatic heterocycles.